The van der Waals surface area contributed by atoms with Crippen LogP contribution in [0, 0.1) is 16.7 Å². The topological polar surface area (TPSA) is 133 Å². The summed E-state index contributed by atoms with van der Waals surface area (Å²) in [6, 6.07) is 0. The molecule has 1 saturated heterocycles. The Balaban J connectivity index is 1.56. The maximum Gasteiger partial charge on any atom is 0.252 e. The van der Waals surface area contributed by atoms with Gasteiger partial charge in [0.05, 0.1) is 31.6 Å². The zero-order valence-electron chi connectivity index (χ0n) is 21.5. The van der Waals surface area contributed by atoms with Crippen LogP contribution in [-0.4, -0.2) is 97.7 Å². The summed E-state index contributed by atoms with van der Waals surface area (Å²) < 4.78 is 10.3. The number of methoxy groups -OCH3 is 1. The number of hydrogen-bond donors (Lipinski definition) is 4. The number of thiazole rings is 1. The third-order valence-corrected chi connectivity index (χ3v) is 9.67. The first-order valence-corrected chi connectivity index (χ1v) is 13.7. The van der Waals surface area contributed by atoms with E-state index >= 15 is 0 Å². The minimum absolute atomic E-state index is 0.0274. The molecule has 11 heteroatoms. The van der Waals surface area contributed by atoms with Gasteiger partial charge in [0.1, 0.15) is 6.61 Å². The highest BCUT2D eigenvalue weighted by molar-refractivity contribution is 7.15. The van der Waals surface area contributed by atoms with Gasteiger partial charge < -0.3 is 25.0 Å². The van der Waals surface area contributed by atoms with Crippen LogP contribution in [0.4, 0.5) is 5.13 Å². The molecule has 2 aliphatic carbocycles. The maximum atomic E-state index is 13.2. The standard InChI is InChI=1S/C25H40N4O6S/c1-24-5-4-19(31)25(2,15-30)18(24)13-17-22(28-23(36-17)27-21(33)14-34-3)16(24)12-20(32)26-6-7-29-8-10-35-11-9-29/h16,18-19,30-31H,4-15H2,1-3H3,(H,26,32)(H,27,28,33). The van der Waals surface area contributed by atoms with Gasteiger partial charge in [-0.1, -0.05) is 13.8 Å². The van der Waals surface area contributed by atoms with Crippen LogP contribution >= 0.6 is 11.3 Å². The van der Waals surface area contributed by atoms with Gasteiger partial charge in [0.15, 0.2) is 5.13 Å². The molecule has 0 aromatic carbocycles. The van der Waals surface area contributed by atoms with E-state index in [4.69, 9.17) is 14.5 Å². The van der Waals surface area contributed by atoms with Gasteiger partial charge in [0, 0.05) is 55.9 Å². The molecule has 3 aliphatic rings. The molecule has 2 heterocycles. The summed E-state index contributed by atoms with van der Waals surface area (Å²) in [5, 5.41) is 27.7. The van der Waals surface area contributed by atoms with Crippen LogP contribution in [0.15, 0.2) is 0 Å². The van der Waals surface area contributed by atoms with E-state index in [0.29, 0.717) is 24.5 Å². The number of anilines is 1. The number of aliphatic hydroxyl groups is 2. The van der Waals surface area contributed by atoms with Gasteiger partial charge in [-0.2, -0.15) is 0 Å². The third kappa shape index (κ3) is 5.46. The number of carbonyl (C=O) groups excluding carboxylic acids is 2. The highest BCUT2D eigenvalue weighted by Crippen LogP contribution is 2.62. The number of amides is 2. The van der Waals surface area contributed by atoms with Crippen molar-refractivity contribution in [2.75, 3.05) is 65.0 Å². The first kappa shape index (κ1) is 27.4. The second-order valence-electron chi connectivity index (χ2n) is 10.9. The molecule has 1 aromatic rings. The Kier molecular flexibility index (Phi) is 8.68. The normalized spacial score (nSPS) is 32.4. The van der Waals surface area contributed by atoms with Crippen molar-refractivity contribution in [1.82, 2.24) is 15.2 Å². The first-order valence-electron chi connectivity index (χ1n) is 12.9. The molecule has 10 nitrogen and oxygen atoms in total. The smallest absolute Gasteiger partial charge is 0.252 e. The number of aromatic nitrogens is 1. The average Bonchev–Trinajstić information content (AvgIpc) is 3.25. The number of carbonyl (C=O) groups is 2. The largest absolute Gasteiger partial charge is 0.396 e. The van der Waals surface area contributed by atoms with Crippen LogP contribution in [0.1, 0.15) is 49.6 Å². The molecule has 5 unspecified atom stereocenters. The first-order chi connectivity index (χ1) is 17.2. The van der Waals surface area contributed by atoms with Crippen LogP contribution in [0.25, 0.3) is 0 Å². The number of rotatable bonds is 9. The summed E-state index contributed by atoms with van der Waals surface area (Å²) in [6.45, 7) is 8.49. The SMILES string of the molecule is COCC(=O)Nc1nc2c(s1)CC1C(C)(CO)C(O)CCC1(C)C2CC(=O)NCCN1CCOCC1. The molecule has 36 heavy (non-hydrogen) atoms. The zero-order chi connectivity index (χ0) is 25.9. The molecule has 2 fully saturated rings. The molecule has 0 spiro atoms. The van der Waals surface area contributed by atoms with E-state index < -0.39 is 11.5 Å². The zero-order valence-corrected chi connectivity index (χ0v) is 22.4. The predicted octanol–water partition coefficient (Wildman–Crippen LogP) is 0.982. The van der Waals surface area contributed by atoms with E-state index in [-0.39, 0.29) is 48.7 Å². The molecule has 202 valence electrons. The van der Waals surface area contributed by atoms with Crippen molar-refractivity contribution in [3.8, 4) is 0 Å². The number of nitrogens with one attached hydrogen (secondary N) is 2. The Morgan fingerprint density at radius 2 is 2.03 bits per heavy atom. The minimum atomic E-state index is -0.681. The highest BCUT2D eigenvalue weighted by atomic mass is 32.1. The van der Waals surface area contributed by atoms with Crippen LogP contribution < -0.4 is 10.6 Å². The van der Waals surface area contributed by atoms with Gasteiger partial charge in [-0.25, -0.2) is 4.98 Å². The monoisotopic (exact) mass is 524 g/mol. The molecule has 0 radical (unpaired) electrons. The molecule has 4 rings (SSSR count). The van der Waals surface area contributed by atoms with Crippen molar-refractivity contribution in [1.29, 1.82) is 0 Å². The quantitative estimate of drug-likeness (QED) is 0.376. The third-order valence-electron chi connectivity index (χ3n) is 8.66. The van der Waals surface area contributed by atoms with E-state index in [1.54, 1.807) is 0 Å². The van der Waals surface area contributed by atoms with Crippen LogP contribution in [0.2, 0.25) is 0 Å². The van der Waals surface area contributed by atoms with Crippen LogP contribution in [0.3, 0.4) is 0 Å². The minimum Gasteiger partial charge on any atom is -0.396 e. The van der Waals surface area contributed by atoms with Crippen molar-refractivity contribution >= 4 is 28.3 Å². The summed E-state index contributed by atoms with van der Waals surface area (Å²) in [4.78, 5) is 33.4. The maximum absolute atomic E-state index is 13.2. The Morgan fingerprint density at radius 3 is 2.72 bits per heavy atom. The average molecular weight is 525 g/mol. The van der Waals surface area contributed by atoms with Gasteiger partial charge >= 0.3 is 0 Å². The van der Waals surface area contributed by atoms with E-state index in [1.807, 2.05) is 6.92 Å². The van der Waals surface area contributed by atoms with Gasteiger partial charge in [0.25, 0.3) is 5.91 Å². The lowest BCUT2D eigenvalue weighted by atomic mass is 9.47. The van der Waals surface area contributed by atoms with E-state index in [0.717, 1.165) is 49.8 Å². The Hall–Kier alpha value is -1.63. The van der Waals surface area contributed by atoms with Crippen molar-refractivity contribution in [2.24, 2.45) is 16.7 Å². The number of ether oxygens (including phenoxy) is 2. The van der Waals surface area contributed by atoms with Crippen molar-refractivity contribution in [3.05, 3.63) is 10.6 Å². The second kappa shape index (κ2) is 11.4. The predicted molar refractivity (Wildman–Crippen MR) is 136 cm³/mol. The molecule has 1 aliphatic heterocycles. The summed E-state index contributed by atoms with van der Waals surface area (Å²) in [5.41, 5.74) is -0.154. The van der Waals surface area contributed by atoms with Crippen molar-refractivity contribution in [2.45, 2.75) is 51.6 Å². The number of fused-ring (bicyclic) bond motifs is 2. The molecule has 1 aromatic heterocycles. The van der Waals surface area contributed by atoms with Gasteiger partial charge in [0.2, 0.25) is 5.91 Å². The molecular weight excluding hydrogens is 484 g/mol. The number of morpholine rings is 1. The highest BCUT2D eigenvalue weighted by Gasteiger charge is 2.59. The van der Waals surface area contributed by atoms with Gasteiger partial charge in [-0.3, -0.25) is 19.8 Å². The Labute approximate surface area is 216 Å². The molecule has 2 amide bonds. The van der Waals surface area contributed by atoms with Gasteiger partial charge in [-0.15, -0.1) is 11.3 Å². The Bertz CT molecular complexity index is 938. The summed E-state index contributed by atoms with van der Waals surface area (Å²) in [7, 11) is 1.47. The van der Waals surface area contributed by atoms with E-state index in [9.17, 15) is 19.8 Å². The summed E-state index contributed by atoms with van der Waals surface area (Å²) in [5.74, 6) is -0.520. The Morgan fingerprint density at radius 1 is 1.28 bits per heavy atom. The molecule has 1 saturated carbocycles. The van der Waals surface area contributed by atoms with Gasteiger partial charge in [-0.05, 0) is 30.6 Å². The second-order valence-corrected chi connectivity index (χ2v) is 11.9. The fraction of sp³-hybridized carbons (Fsp3) is 0.800. The number of hydrogen-bond acceptors (Lipinski definition) is 9. The van der Waals surface area contributed by atoms with Crippen LogP contribution in [-0.2, 0) is 25.5 Å². The molecule has 5 atom stereocenters. The molecule has 4 N–H and O–H groups in total. The van der Waals surface area contributed by atoms with E-state index in [2.05, 4.69) is 22.5 Å². The lowest BCUT2D eigenvalue weighted by Crippen LogP contribution is -2.57. The number of nitrogens with zero attached hydrogens (tertiary/aromatic N) is 2. The lowest BCUT2D eigenvalue weighted by molar-refractivity contribution is -0.144. The van der Waals surface area contributed by atoms with E-state index in [1.165, 1.54) is 18.4 Å². The van der Waals surface area contributed by atoms with Crippen LogP contribution in [0.5, 0.6) is 0 Å². The molecular formula is C25H40N4O6S. The fourth-order valence-electron chi connectivity index (χ4n) is 6.42. The summed E-state index contributed by atoms with van der Waals surface area (Å²) in [6.07, 6.45) is 1.61. The molecule has 0 bridgehead atoms. The van der Waals surface area contributed by atoms with Crippen molar-refractivity contribution < 1.29 is 29.3 Å². The van der Waals surface area contributed by atoms with Crippen molar-refractivity contribution in [3.63, 3.8) is 0 Å². The fourth-order valence-corrected chi connectivity index (χ4v) is 7.51. The number of aliphatic hydroxyl groups excluding tert-OH is 2. The lowest BCUT2D eigenvalue weighted by Gasteiger charge is -2.58. The summed E-state index contributed by atoms with van der Waals surface area (Å²) >= 11 is 1.41.